The number of thioether (sulfide) groups is 2. The van der Waals surface area contributed by atoms with Gasteiger partial charge >= 0.3 is 0 Å². The Balaban J connectivity index is 2.48. The van der Waals surface area contributed by atoms with E-state index in [1.54, 1.807) is 7.05 Å². The maximum absolute atomic E-state index is 11.0. The largest absolute Gasteiger partial charge is 0.410 e. The molecule has 0 aromatic rings. The lowest BCUT2D eigenvalue weighted by molar-refractivity contribution is -0.118. The normalized spacial score (nSPS) is 27.4. The van der Waals surface area contributed by atoms with E-state index in [0.717, 1.165) is 0 Å². The number of carbonyl (C=O) groups excluding carboxylic acids is 1. The average molecular weight is 192 g/mol. The Morgan fingerprint density at radius 3 is 3.09 bits per heavy atom. The van der Waals surface area contributed by atoms with Crippen molar-refractivity contribution in [3.05, 3.63) is 0 Å². The molecular weight excluding hydrogens is 184 g/mol. The Labute approximate surface area is 72.8 Å². The molecule has 0 aromatic carbocycles. The molecule has 62 valence electrons. The van der Waals surface area contributed by atoms with Crippen LogP contribution in [0.4, 0.5) is 0 Å². The first kappa shape index (κ1) is 8.73. The summed E-state index contributed by atoms with van der Waals surface area (Å²) < 4.78 is -0.147. The summed E-state index contributed by atoms with van der Waals surface area (Å²) in [5.74, 6) is 0.595. The standard InChI is InChI=1S/C5H8N2O2S2/c1-6-4(8)5-10-2-3(7-9)11-5/h5,9H,2H2,1H3,(H,6,8)/b7-3-. The van der Waals surface area contributed by atoms with Gasteiger partial charge in [0.15, 0.2) is 0 Å². The number of nitrogens with zero attached hydrogens (tertiary/aromatic N) is 1. The summed E-state index contributed by atoms with van der Waals surface area (Å²) >= 11 is 2.76. The third-order valence-corrected chi connectivity index (χ3v) is 3.94. The lowest BCUT2D eigenvalue weighted by Gasteiger charge is -2.02. The first-order valence-corrected chi connectivity index (χ1v) is 4.91. The van der Waals surface area contributed by atoms with Gasteiger partial charge in [0, 0.05) is 12.8 Å². The van der Waals surface area contributed by atoms with E-state index in [2.05, 4.69) is 10.5 Å². The molecule has 0 aromatic heterocycles. The Hall–Kier alpha value is -0.360. The van der Waals surface area contributed by atoms with Gasteiger partial charge in [0.25, 0.3) is 0 Å². The fraction of sp³-hybridized carbons (Fsp3) is 0.600. The van der Waals surface area contributed by atoms with Crippen molar-refractivity contribution in [3.63, 3.8) is 0 Å². The summed E-state index contributed by atoms with van der Waals surface area (Å²) in [7, 11) is 1.59. The van der Waals surface area contributed by atoms with Crippen LogP contribution in [-0.2, 0) is 4.79 Å². The van der Waals surface area contributed by atoms with Crippen molar-refractivity contribution in [1.29, 1.82) is 0 Å². The number of hydrogen-bond donors (Lipinski definition) is 2. The van der Waals surface area contributed by atoms with Gasteiger partial charge in [-0.15, -0.1) is 11.8 Å². The topological polar surface area (TPSA) is 61.7 Å². The molecule has 1 fully saturated rings. The lowest BCUT2D eigenvalue weighted by atomic mass is 10.7. The molecule has 11 heavy (non-hydrogen) atoms. The van der Waals surface area contributed by atoms with Gasteiger partial charge in [-0.25, -0.2) is 0 Å². The van der Waals surface area contributed by atoms with Crippen LogP contribution in [0.1, 0.15) is 0 Å². The van der Waals surface area contributed by atoms with Gasteiger partial charge in [-0.3, -0.25) is 4.79 Å². The second-order valence-electron chi connectivity index (χ2n) is 1.87. The van der Waals surface area contributed by atoms with Gasteiger partial charge in [0.1, 0.15) is 9.63 Å². The van der Waals surface area contributed by atoms with Gasteiger partial charge in [-0.05, 0) is 0 Å². The molecule has 1 rings (SSSR count). The summed E-state index contributed by atoms with van der Waals surface area (Å²) in [5.41, 5.74) is 0. The quantitative estimate of drug-likeness (QED) is 0.464. The van der Waals surface area contributed by atoms with Gasteiger partial charge in [0.2, 0.25) is 5.91 Å². The van der Waals surface area contributed by atoms with Gasteiger partial charge < -0.3 is 10.5 Å². The molecule has 6 heteroatoms. The van der Waals surface area contributed by atoms with E-state index < -0.39 is 0 Å². The maximum Gasteiger partial charge on any atom is 0.243 e. The predicted octanol–water partition coefficient (Wildman–Crippen LogP) is 0.326. The minimum absolute atomic E-state index is 0.0290. The highest BCUT2D eigenvalue weighted by Crippen LogP contribution is 2.33. The molecule has 2 N–H and O–H groups in total. The Kier molecular flexibility index (Phi) is 3.07. The first-order chi connectivity index (χ1) is 5.27. The van der Waals surface area contributed by atoms with Crippen LogP contribution in [0.2, 0.25) is 0 Å². The second-order valence-corrected chi connectivity index (χ2v) is 4.44. The van der Waals surface area contributed by atoms with Crippen molar-refractivity contribution >= 4 is 34.5 Å². The van der Waals surface area contributed by atoms with Crippen LogP contribution in [0.3, 0.4) is 0 Å². The monoisotopic (exact) mass is 192 g/mol. The molecule has 0 radical (unpaired) electrons. The summed E-state index contributed by atoms with van der Waals surface area (Å²) in [6.45, 7) is 0. The van der Waals surface area contributed by atoms with Crippen LogP contribution in [0, 0.1) is 0 Å². The predicted molar refractivity (Wildman–Crippen MR) is 47.1 cm³/mol. The number of hydrogen-bond acceptors (Lipinski definition) is 5. The molecule has 1 unspecified atom stereocenters. The van der Waals surface area contributed by atoms with Crippen LogP contribution in [0.25, 0.3) is 0 Å². The van der Waals surface area contributed by atoms with Crippen molar-refractivity contribution in [3.8, 4) is 0 Å². The molecule has 1 aliphatic heterocycles. The van der Waals surface area contributed by atoms with E-state index in [1.807, 2.05) is 0 Å². The molecule has 1 amide bonds. The molecular formula is C5H8N2O2S2. The molecule has 0 saturated carbocycles. The maximum atomic E-state index is 11.0. The van der Waals surface area contributed by atoms with Crippen molar-refractivity contribution < 1.29 is 10.0 Å². The first-order valence-electron chi connectivity index (χ1n) is 2.98. The van der Waals surface area contributed by atoms with Crippen LogP contribution in [0.5, 0.6) is 0 Å². The number of oxime groups is 1. The van der Waals surface area contributed by atoms with Crippen molar-refractivity contribution in [2.45, 2.75) is 4.58 Å². The SMILES string of the molecule is CNC(=O)C1SC/C(=N/O)S1. The van der Waals surface area contributed by atoms with Gasteiger partial charge in [0.05, 0.1) is 0 Å². The fourth-order valence-corrected chi connectivity index (χ4v) is 3.06. The summed E-state index contributed by atoms with van der Waals surface area (Å²) in [6.07, 6.45) is 0. The van der Waals surface area contributed by atoms with E-state index in [1.165, 1.54) is 23.5 Å². The van der Waals surface area contributed by atoms with Crippen LogP contribution < -0.4 is 5.32 Å². The van der Waals surface area contributed by atoms with Gasteiger partial charge in [-0.2, -0.15) is 0 Å². The van der Waals surface area contributed by atoms with Crippen molar-refractivity contribution in [1.82, 2.24) is 5.32 Å². The third-order valence-electron chi connectivity index (χ3n) is 1.17. The second kappa shape index (κ2) is 3.87. The van der Waals surface area contributed by atoms with Crippen LogP contribution >= 0.6 is 23.5 Å². The fourth-order valence-electron chi connectivity index (χ4n) is 0.638. The summed E-state index contributed by atoms with van der Waals surface area (Å²) in [4.78, 5) is 11.0. The van der Waals surface area contributed by atoms with Crippen LogP contribution in [0.15, 0.2) is 5.16 Å². The van der Waals surface area contributed by atoms with E-state index in [4.69, 9.17) is 5.21 Å². The van der Waals surface area contributed by atoms with Crippen molar-refractivity contribution in [2.24, 2.45) is 5.16 Å². The van der Waals surface area contributed by atoms with E-state index in [9.17, 15) is 4.79 Å². The summed E-state index contributed by atoms with van der Waals surface area (Å²) in [5, 5.41) is 14.5. The molecule has 1 atom stereocenters. The molecule has 0 aliphatic carbocycles. The molecule has 0 bridgehead atoms. The highest BCUT2D eigenvalue weighted by molar-refractivity contribution is 8.30. The van der Waals surface area contributed by atoms with E-state index in [0.29, 0.717) is 10.8 Å². The zero-order valence-electron chi connectivity index (χ0n) is 5.90. The minimum Gasteiger partial charge on any atom is -0.410 e. The minimum atomic E-state index is -0.147. The highest BCUT2D eigenvalue weighted by Gasteiger charge is 2.28. The zero-order valence-corrected chi connectivity index (χ0v) is 7.54. The lowest BCUT2D eigenvalue weighted by Crippen LogP contribution is -2.25. The number of carbonyl (C=O) groups is 1. The molecule has 1 saturated heterocycles. The molecule has 1 heterocycles. The van der Waals surface area contributed by atoms with Crippen LogP contribution in [-0.4, -0.2) is 33.5 Å². The average Bonchev–Trinajstić information content (AvgIpc) is 2.50. The summed E-state index contributed by atoms with van der Waals surface area (Å²) in [6, 6.07) is 0. The number of amides is 1. The Morgan fingerprint density at radius 1 is 1.91 bits per heavy atom. The van der Waals surface area contributed by atoms with Crippen molar-refractivity contribution in [2.75, 3.05) is 12.8 Å². The molecule has 1 aliphatic rings. The van der Waals surface area contributed by atoms with E-state index >= 15 is 0 Å². The Morgan fingerprint density at radius 2 is 2.64 bits per heavy atom. The van der Waals surface area contributed by atoms with E-state index in [-0.39, 0.29) is 10.5 Å². The molecule has 4 nitrogen and oxygen atoms in total. The number of rotatable bonds is 1. The smallest absolute Gasteiger partial charge is 0.243 e. The van der Waals surface area contributed by atoms with Gasteiger partial charge in [-0.1, -0.05) is 16.9 Å². The number of nitrogens with one attached hydrogen (secondary N) is 1. The Bertz CT molecular complexity index is 195. The zero-order chi connectivity index (χ0) is 8.27. The third kappa shape index (κ3) is 2.03. The highest BCUT2D eigenvalue weighted by atomic mass is 32.2. The molecule has 0 spiro atoms.